The first-order valence-corrected chi connectivity index (χ1v) is 8.95. The van der Waals surface area contributed by atoms with E-state index in [0.29, 0.717) is 21.3 Å². The summed E-state index contributed by atoms with van der Waals surface area (Å²) in [5.74, 6) is -0.981. The highest BCUT2D eigenvalue weighted by atomic mass is 35.5. The lowest BCUT2D eigenvalue weighted by atomic mass is 10.2. The van der Waals surface area contributed by atoms with Crippen LogP contribution < -0.4 is 11.1 Å². The predicted molar refractivity (Wildman–Crippen MR) is 102 cm³/mol. The third kappa shape index (κ3) is 3.26. The zero-order valence-electron chi connectivity index (χ0n) is 13.3. The molecule has 0 atom stereocenters. The maximum Gasteiger partial charge on any atom is 0.420 e. The van der Waals surface area contributed by atoms with E-state index in [1.807, 2.05) is 35.7 Å². The summed E-state index contributed by atoms with van der Waals surface area (Å²) in [5, 5.41) is 5.50. The fourth-order valence-corrected chi connectivity index (χ4v) is 3.46. The number of anilines is 1. The molecule has 8 heteroatoms. The van der Waals surface area contributed by atoms with Gasteiger partial charge in [-0.25, -0.2) is 9.78 Å². The molecule has 4 rings (SSSR count). The average Bonchev–Trinajstić information content (AvgIpc) is 3.21. The minimum absolute atomic E-state index is 0.188. The Bertz CT molecular complexity index is 1150. The maximum atomic E-state index is 12.3. The Kier molecular flexibility index (Phi) is 4.32. The molecule has 6 nitrogen and oxygen atoms in total. The van der Waals surface area contributed by atoms with E-state index in [1.54, 1.807) is 18.2 Å². The van der Waals surface area contributed by atoms with E-state index in [1.165, 1.54) is 15.9 Å². The summed E-state index contributed by atoms with van der Waals surface area (Å²) < 4.78 is 6.36. The van der Waals surface area contributed by atoms with Gasteiger partial charge in [-0.05, 0) is 18.2 Å². The first kappa shape index (κ1) is 16.6. The smallest absolute Gasteiger partial charge is 0.408 e. The summed E-state index contributed by atoms with van der Waals surface area (Å²) in [6.07, 6.45) is 0. The van der Waals surface area contributed by atoms with Gasteiger partial charge in [-0.15, -0.1) is 11.3 Å². The van der Waals surface area contributed by atoms with E-state index >= 15 is 0 Å². The molecule has 0 spiro atoms. The van der Waals surface area contributed by atoms with Crippen LogP contribution in [-0.2, 0) is 11.3 Å². The number of hydrogen-bond donors (Lipinski definition) is 1. The van der Waals surface area contributed by atoms with E-state index in [4.69, 9.17) is 16.0 Å². The Labute approximate surface area is 156 Å². The van der Waals surface area contributed by atoms with Gasteiger partial charge in [0.05, 0.1) is 11.2 Å². The normalized spacial score (nSPS) is 11.0. The Hall–Kier alpha value is -2.90. The first-order valence-electron chi connectivity index (χ1n) is 7.70. The van der Waals surface area contributed by atoms with Gasteiger partial charge in [-0.1, -0.05) is 41.9 Å². The summed E-state index contributed by atoms with van der Waals surface area (Å²) in [5.41, 5.74) is 2.61. The van der Waals surface area contributed by atoms with Crippen molar-refractivity contribution in [2.24, 2.45) is 0 Å². The van der Waals surface area contributed by atoms with Crippen LogP contribution in [0.25, 0.3) is 22.4 Å². The SMILES string of the molecule is O=C(Cn1c(=O)oc2ccc(Cl)cc21)Nc1nc(-c2ccccc2)cs1. The molecule has 26 heavy (non-hydrogen) atoms. The van der Waals surface area contributed by atoms with Crippen molar-refractivity contribution in [3.05, 3.63) is 69.5 Å². The number of nitrogens with one attached hydrogen (secondary N) is 1. The third-order valence-corrected chi connectivity index (χ3v) is 4.74. The van der Waals surface area contributed by atoms with Crippen LogP contribution in [0.1, 0.15) is 0 Å². The van der Waals surface area contributed by atoms with Crippen LogP contribution in [0.3, 0.4) is 0 Å². The lowest BCUT2D eigenvalue weighted by Crippen LogP contribution is -2.24. The molecule has 4 aromatic rings. The van der Waals surface area contributed by atoms with Crippen LogP contribution in [0.5, 0.6) is 0 Å². The number of carbonyl (C=O) groups is 1. The van der Waals surface area contributed by atoms with Crippen LogP contribution >= 0.6 is 22.9 Å². The van der Waals surface area contributed by atoms with E-state index < -0.39 is 5.76 Å². The summed E-state index contributed by atoms with van der Waals surface area (Å²) in [4.78, 5) is 28.7. The lowest BCUT2D eigenvalue weighted by Gasteiger charge is -2.03. The number of halogens is 1. The summed E-state index contributed by atoms with van der Waals surface area (Å²) in [6.45, 7) is -0.188. The van der Waals surface area contributed by atoms with Gasteiger partial charge in [-0.2, -0.15) is 0 Å². The second kappa shape index (κ2) is 6.78. The van der Waals surface area contributed by atoms with Crippen molar-refractivity contribution in [1.29, 1.82) is 0 Å². The Morgan fingerprint density at radius 2 is 2.04 bits per heavy atom. The predicted octanol–water partition coefficient (Wildman–Crippen LogP) is 4.01. The standard InChI is InChI=1S/C18H12ClN3O3S/c19-12-6-7-15-14(8-12)22(18(24)25-15)9-16(23)21-17-20-13(10-26-17)11-4-2-1-3-5-11/h1-8,10H,9H2,(H,20,21,23). The third-order valence-electron chi connectivity index (χ3n) is 3.75. The van der Waals surface area contributed by atoms with Gasteiger partial charge in [0.2, 0.25) is 5.91 Å². The fraction of sp³-hybridized carbons (Fsp3) is 0.0556. The monoisotopic (exact) mass is 385 g/mol. The number of oxazole rings is 1. The molecule has 1 amide bonds. The van der Waals surface area contributed by atoms with Crippen LogP contribution in [0, 0.1) is 0 Å². The van der Waals surface area contributed by atoms with E-state index in [2.05, 4.69) is 10.3 Å². The molecule has 2 heterocycles. The number of fused-ring (bicyclic) bond motifs is 1. The van der Waals surface area contributed by atoms with E-state index in [0.717, 1.165) is 11.3 Å². The molecule has 0 radical (unpaired) electrons. The maximum absolute atomic E-state index is 12.3. The molecule has 0 bridgehead atoms. The van der Waals surface area contributed by atoms with Gasteiger partial charge in [-0.3, -0.25) is 9.36 Å². The van der Waals surface area contributed by atoms with Gasteiger partial charge in [0.25, 0.3) is 0 Å². The average molecular weight is 386 g/mol. The zero-order valence-corrected chi connectivity index (χ0v) is 14.9. The minimum Gasteiger partial charge on any atom is -0.408 e. The van der Waals surface area contributed by atoms with Crippen molar-refractivity contribution in [3.63, 3.8) is 0 Å². The highest BCUT2D eigenvalue weighted by Gasteiger charge is 2.14. The Morgan fingerprint density at radius 1 is 1.23 bits per heavy atom. The van der Waals surface area contributed by atoms with Crippen molar-refractivity contribution < 1.29 is 9.21 Å². The summed E-state index contributed by atoms with van der Waals surface area (Å²) >= 11 is 7.28. The highest BCUT2D eigenvalue weighted by Crippen LogP contribution is 2.24. The molecule has 0 aliphatic heterocycles. The number of aromatic nitrogens is 2. The summed E-state index contributed by atoms with van der Waals surface area (Å²) in [7, 11) is 0. The number of amides is 1. The van der Waals surface area contributed by atoms with Crippen LogP contribution in [0.4, 0.5) is 5.13 Å². The number of thiazole rings is 1. The molecule has 0 fully saturated rings. The molecule has 0 unspecified atom stereocenters. The lowest BCUT2D eigenvalue weighted by molar-refractivity contribution is -0.116. The van der Waals surface area contributed by atoms with Gasteiger partial charge in [0.1, 0.15) is 6.54 Å². The first-order chi connectivity index (χ1) is 12.6. The molecule has 130 valence electrons. The van der Waals surface area contributed by atoms with Crippen molar-refractivity contribution in [3.8, 4) is 11.3 Å². The topological polar surface area (TPSA) is 77.1 Å². The molecular weight excluding hydrogens is 374 g/mol. The molecular formula is C18H12ClN3O3S. The quantitative estimate of drug-likeness (QED) is 0.575. The van der Waals surface area contributed by atoms with Crippen LogP contribution in [0.15, 0.2) is 63.1 Å². The molecule has 1 N–H and O–H groups in total. The summed E-state index contributed by atoms with van der Waals surface area (Å²) in [6, 6.07) is 14.5. The number of hydrogen-bond acceptors (Lipinski definition) is 5. The van der Waals surface area contributed by atoms with Gasteiger partial charge >= 0.3 is 5.76 Å². The number of carbonyl (C=O) groups excluding carboxylic acids is 1. The highest BCUT2D eigenvalue weighted by molar-refractivity contribution is 7.14. The second-order valence-corrected chi connectivity index (χ2v) is 6.81. The van der Waals surface area contributed by atoms with Crippen molar-refractivity contribution in [1.82, 2.24) is 9.55 Å². The van der Waals surface area contributed by atoms with Crippen molar-refractivity contribution in [2.75, 3.05) is 5.32 Å². The minimum atomic E-state index is -0.610. The Morgan fingerprint density at radius 3 is 2.85 bits per heavy atom. The van der Waals surface area contributed by atoms with Gasteiger partial charge < -0.3 is 9.73 Å². The molecule has 2 aromatic carbocycles. The van der Waals surface area contributed by atoms with Crippen LogP contribution in [0.2, 0.25) is 5.02 Å². The van der Waals surface area contributed by atoms with E-state index in [9.17, 15) is 9.59 Å². The van der Waals surface area contributed by atoms with Crippen molar-refractivity contribution in [2.45, 2.75) is 6.54 Å². The number of rotatable bonds is 4. The second-order valence-electron chi connectivity index (χ2n) is 5.52. The molecule has 2 aromatic heterocycles. The largest absolute Gasteiger partial charge is 0.420 e. The number of nitrogens with zero attached hydrogens (tertiary/aromatic N) is 2. The fourth-order valence-electron chi connectivity index (χ4n) is 2.56. The van der Waals surface area contributed by atoms with Gasteiger partial charge in [0, 0.05) is 16.0 Å². The molecule has 0 aliphatic rings. The molecule has 0 aliphatic carbocycles. The number of benzene rings is 2. The van der Waals surface area contributed by atoms with Crippen LogP contribution in [-0.4, -0.2) is 15.5 Å². The van der Waals surface area contributed by atoms with Crippen molar-refractivity contribution >= 4 is 45.1 Å². The Balaban J connectivity index is 1.53. The van der Waals surface area contributed by atoms with E-state index in [-0.39, 0.29) is 12.5 Å². The van der Waals surface area contributed by atoms with Gasteiger partial charge in [0.15, 0.2) is 10.7 Å². The molecule has 0 saturated heterocycles. The zero-order chi connectivity index (χ0) is 18.1. The molecule has 0 saturated carbocycles.